The normalized spacial score (nSPS) is 9.18. The fourth-order valence-electron chi connectivity index (χ4n) is 1.22. The van der Waals surface area contributed by atoms with E-state index in [1.54, 1.807) is 36.8 Å². The molecule has 4 nitrogen and oxygen atoms in total. The number of rotatable bonds is 1. The second kappa shape index (κ2) is 4.90. The lowest BCUT2D eigenvalue weighted by Gasteiger charge is -1.94. The maximum absolute atomic E-state index is 11.0. The molecule has 82 valence electrons. The molecule has 0 aliphatic heterocycles. The molecule has 0 fully saturated rings. The van der Waals surface area contributed by atoms with E-state index in [2.05, 4.69) is 21.8 Å². The maximum atomic E-state index is 11.0. The second-order valence-corrected chi connectivity index (χ2v) is 3.31. The number of nitrogens with zero attached hydrogens (tertiary/aromatic N) is 2. The minimum atomic E-state index is -0.509. The van der Waals surface area contributed by atoms with Crippen molar-refractivity contribution in [3.63, 3.8) is 0 Å². The van der Waals surface area contributed by atoms with Crippen molar-refractivity contribution >= 4 is 5.91 Å². The number of nitrogens with two attached hydrogens (primary N) is 1. The summed E-state index contributed by atoms with van der Waals surface area (Å²) in [5, 5.41) is 0. The van der Waals surface area contributed by atoms with Crippen LogP contribution in [-0.2, 0) is 0 Å². The van der Waals surface area contributed by atoms with E-state index in [0.717, 1.165) is 5.56 Å². The van der Waals surface area contributed by atoms with E-state index in [1.807, 2.05) is 0 Å². The highest BCUT2D eigenvalue weighted by Crippen LogP contribution is 2.01. The van der Waals surface area contributed by atoms with Gasteiger partial charge in [-0.15, -0.1) is 0 Å². The van der Waals surface area contributed by atoms with Crippen LogP contribution in [-0.4, -0.2) is 15.9 Å². The van der Waals surface area contributed by atoms with Gasteiger partial charge in [-0.2, -0.15) is 0 Å². The number of hydrogen-bond acceptors (Lipinski definition) is 3. The molecule has 0 aliphatic carbocycles. The van der Waals surface area contributed by atoms with Crippen LogP contribution in [0.15, 0.2) is 43.0 Å². The first-order chi connectivity index (χ1) is 8.25. The summed E-state index contributed by atoms with van der Waals surface area (Å²) in [6.45, 7) is 0. The standard InChI is InChI=1S/C13H9N3O/c14-13(17)12-7-11(8-16-9-12)2-1-10-3-5-15-6-4-10/h3-9H,(H2,14,17). The Bertz CT molecular complexity index is 597. The third-order valence-electron chi connectivity index (χ3n) is 2.05. The van der Waals surface area contributed by atoms with Crippen molar-refractivity contribution in [2.75, 3.05) is 0 Å². The van der Waals surface area contributed by atoms with Crippen LogP contribution in [0.5, 0.6) is 0 Å². The molecule has 0 atom stereocenters. The minimum Gasteiger partial charge on any atom is -0.366 e. The monoisotopic (exact) mass is 223 g/mol. The number of primary amides is 1. The van der Waals surface area contributed by atoms with Crippen molar-refractivity contribution in [2.24, 2.45) is 5.73 Å². The van der Waals surface area contributed by atoms with Crippen molar-refractivity contribution in [1.82, 2.24) is 9.97 Å². The molecule has 2 rings (SSSR count). The van der Waals surface area contributed by atoms with Gasteiger partial charge in [0.2, 0.25) is 5.91 Å². The topological polar surface area (TPSA) is 68.9 Å². The van der Waals surface area contributed by atoms with Gasteiger partial charge in [0.25, 0.3) is 0 Å². The quantitative estimate of drug-likeness (QED) is 0.732. The lowest BCUT2D eigenvalue weighted by Crippen LogP contribution is -2.11. The van der Waals surface area contributed by atoms with Crippen LogP contribution in [0, 0.1) is 11.8 Å². The number of hydrogen-bond donors (Lipinski definition) is 1. The summed E-state index contributed by atoms with van der Waals surface area (Å²) in [5.41, 5.74) is 7.01. The summed E-state index contributed by atoms with van der Waals surface area (Å²) >= 11 is 0. The predicted octanol–water partition coefficient (Wildman–Crippen LogP) is 0.975. The van der Waals surface area contributed by atoms with E-state index in [0.29, 0.717) is 11.1 Å². The fraction of sp³-hybridized carbons (Fsp3) is 0. The van der Waals surface area contributed by atoms with Crippen molar-refractivity contribution in [1.29, 1.82) is 0 Å². The third kappa shape index (κ3) is 2.89. The van der Waals surface area contributed by atoms with Gasteiger partial charge in [-0.05, 0) is 18.2 Å². The molecule has 0 aliphatic rings. The first-order valence-electron chi connectivity index (χ1n) is 4.92. The van der Waals surface area contributed by atoms with Gasteiger partial charge < -0.3 is 5.73 Å². The van der Waals surface area contributed by atoms with Crippen molar-refractivity contribution in [2.45, 2.75) is 0 Å². The number of amides is 1. The average molecular weight is 223 g/mol. The lowest BCUT2D eigenvalue weighted by atomic mass is 10.2. The maximum Gasteiger partial charge on any atom is 0.250 e. The molecule has 0 aromatic carbocycles. The largest absolute Gasteiger partial charge is 0.366 e. The van der Waals surface area contributed by atoms with Crippen LogP contribution in [0.4, 0.5) is 0 Å². The molecular weight excluding hydrogens is 214 g/mol. The van der Waals surface area contributed by atoms with Gasteiger partial charge in [-0.25, -0.2) is 0 Å². The Morgan fingerprint density at radius 3 is 2.47 bits per heavy atom. The summed E-state index contributed by atoms with van der Waals surface area (Å²) in [6.07, 6.45) is 6.34. The zero-order valence-corrected chi connectivity index (χ0v) is 8.92. The van der Waals surface area contributed by atoms with Crippen LogP contribution in [0.3, 0.4) is 0 Å². The van der Waals surface area contributed by atoms with E-state index in [9.17, 15) is 4.79 Å². The third-order valence-corrected chi connectivity index (χ3v) is 2.05. The van der Waals surface area contributed by atoms with Crippen LogP contribution in [0.1, 0.15) is 21.5 Å². The van der Waals surface area contributed by atoms with Crippen molar-refractivity contribution < 1.29 is 4.79 Å². The zero-order valence-electron chi connectivity index (χ0n) is 8.92. The van der Waals surface area contributed by atoms with Crippen LogP contribution < -0.4 is 5.73 Å². The van der Waals surface area contributed by atoms with E-state index < -0.39 is 5.91 Å². The molecule has 0 spiro atoms. The molecule has 0 saturated heterocycles. The fourth-order valence-corrected chi connectivity index (χ4v) is 1.22. The molecule has 2 heterocycles. The first-order valence-corrected chi connectivity index (χ1v) is 4.92. The van der Waals surface area contributed by atoms with E-state index >= 15 is 0 Å². The highest BCUT2D eigenvalue weighted by Gasteiger charge is 1.99. The number of aromatic nitrogens is 2. The summed E-state index contributed by atoms with van der Waals surface area (Å²) in [6, 6.07) is 5.22. The molecule has 0 unspecified atom stereocenters. The lowest BCUT2D eigenvalue weighted by molar-refractivity contribution is 0.1000. The van der Waals surface area contributed by atoms with Gasteiger partial charge in [0.1, 0.15) is 0 Å². The number of carbonyl (C=O) groups excluding carboxylic acids is 1. The van der Waals surface area contributed by atoms with Gasteiger partial charge in [0.05, 0.1) is 5.56 Å². The molecule has 2 aromatic rings. The minimum absolute atomic E-state index is 0.353. The Balaban J connectivity index is 2.28. The van der Waals surface area contributed by atoms with Gasteiger partial charge in [0.15, 0.2) is 0 Å². The van der Waals surface area contributed by atoms with Crippen molar-refractivity contribution in [3.05, 3.63) is 59.7 Å². The molecule has 1 amide bonds. The molecule has 17 heavy (non-hydrogen) atoms. The van der Waals surface area contributed by atoms with E-state index in [4.69, 9.17) is 5.73 Å². The summed E-state index contributed by atoms with van der Waals surface area (Å²) in [4.78, 5) is 18.8. The van der Waals surface area contributed by atoms with Crippen LogP contribution >= 0.6 is 0 Å². The smallest absolute Gasteiger partial charge is 0.250 e. The predicted molar refractivity (Wildman–Crippen MR) is 63.0 cm³/mol. The Kier molecular flexibility index (Phi) is 3.13. The second-order valence-electron chi connectivity index (χ2n) is 3.31. The Labute approximate surface area is 98.5 Å². The Hall–Kier alpha value is -2.67. The van der Waals surface area contributed by atoms with Crippen molar-refractivity contribution in [3.8, 4) is 11.8 Å². The van der Waals surface area contributed by atoms with Gasteiger partial charge in [-0.3, -0.25) is 14.8 Å². The summed E-state index contributed by atoms with van der Waals surface area (Å²) < 4.78 is 0. The first kappa shape index (κ1) is 10.8. The summed E-state index contributed by atoms with van der Waals surface area (Å²) in [7, 11) is 0. The molecule has 4 heteroatoms. The molecule has 2 N–H and O–H groups in total. The van der Waals surface area contributed by atoms with E-state index in [1.165, 1.54) is 6.20 Å². The SMILES string of the molecule is NC(=O)c1cncc(C#Cc2ccncc2)c1. The van der Waals surface area contributed by atoms with Crippen LogP contribution in [0.25, 0.3) is 0 Å². The average Bonchev–Trinajstić information content (AvgIpc) is 2.38. The molecule has 2 aromatic heterocycles. The van der Waals surface area contributed by atoms with Gasteiger partial charge >= 0.3 is 0 Å². The Morgan fingerprint density at radius 2 is 1.76 bits per heavy atom. The zero-order chi connectivity index (χ0) is 12.1. The van der Waals surface area contributed by atoms with Gasteiger partial charge in [0, 0.05) is 35.9 Å². The molecular formula is C13H9N3O. The highest BCUT2D eigenvalue weighted by molar-refractivity contribution is 5.92. The van der Waals surface area contributed by atoms with Gasteiger partial charge in [-0.1, -0.05) is 11.8 Å². The summed E-state index contributed by atoms with van der Waals surface area (Å²) in [5.74, 6) is 5.34. The molecule has 0 saturated carbocycles. The highest BCUT2D eigenvalue weighted by atomic mass is 16.1. The Morgan fingerprint density at radius 1 is 1.06 bits per heavy atom. The van der Waals surface area contributed by atoms with Crippen LogP contribution in [0.2, 0.25) is 0 Å². The number of carbonyl (C=O) groups is 1. The number of pyridine rings is 2. The molecule has 0 bridgehead atoms. The molecule has 0 radical (unpaired) electrons. The van der Waals surface area contributed by atoms with E-state index in [-0.39, 0.29) is 0 Å².